The molecule has 2 heterocycles. The normalized spacial score (nSPS) is 21.2. The standard InChI is InChI=1S/C26H34N4O3/c1-3-7-22-16-21(29-25(31)18(2)33-23-8-5-4-6-9-23)14-15-30(22)24-13-10-19(17-27-24)26(32)28-20-11-12-20/h4-6,8-10,13,17-18,20-22H,3,7,11-12,14-16H2,1-2H3,(H,28,32)(H,29,31). The van der Waals surface area contributed by atoms with Crippen LogP contribution in [0.2, 0.25) is 0 Å². The molecule has 2 fully saturated rings. The fourth-order valence-electron chi connectivity index (χ4n) is 4.35. The Bertz CT molecular complexity index is 930. The third-order valence-electron chi connectivity index (χ3n) is 6.33. The van der Waals surface area contributed by atoms with Gasteiger partial charge in [0.2, 0.25) is 0 Å². The minimum Gasteiger partial charge on any atom is -0.481 e. The summed E-state index contributed by atoms with van der Waals surface area (Å²) < 4.78 is 5.78. The van der Waals surface area contributed by atoms with E-state index in [-0.39, 0.29) is 23.9 Å². The molecule has 3 unspecified atom stereocenters. The Kier molecular flexibility index (Phi) is 7.47. The molecule has 7 nitrogen and oxygen atoms in total. The van der Waals surface area contributed by atoms with Crippen molar-refractivity contribution in [1.29, 1.82) is 0 Å². The van der Waals surface area contributed by atoms with Gasteiger partial charge in [-0.1, -0.05) is 31.5 Å². The average Bonchev–Trinajstić information content (AvgIpc) is 3.64. The van der Waals surface area contributed by atoms with Gasteiger partial charge in [-0.2, -0.15) is 0 Å². The van der Waals surface area contributed by atoms with Crippen LogP contribution in [-0.4, -0.2) is 47.6 Å². The number of ether oxygens (including phenoxy) is 1. The Balaban J connectivity index is 1.33. The highest BCUT2D eigenvalue weighted by molar-refractivity contribution is 5.94. The van der Waals surface area contributed by atoms with Gasteiger partial charge in [0.1, 0.15) is 11.6 Å². The molecule has 4 rings (SSSR count). The Morgan fingerprint density at radius 2 is 1.88 bits per heavy atom. The van der Waals surface area contributed by atoms with Crippen molar-refractivity contribution in [3.8, 4) is 5.75 Å². The van der Waals surface area contributed by atoms with Crippen LogP contribution in [0.3, 0.4) is 0 Å². The highest BCUT2D eigenvalue weighted by Gasteiger charge is 2.31. The van der Waals surface area contributed by atoms with Gasteiger partial charge in [0.15, 0.2) is 6.10 Å². The fourth-order valence-corrected chi connectivity index (χ4v) is 4.35. The molecular weight excluding hydrogens is 416 g/mol. The van der Waals surface area contributed by atoms with E-state index in [1.807, 2.05) is 42.5 Å². The summed E-state index contributed by atoms with van der Waals surface area (Å²) in [4.78, 5) is 31.9. The van der Waals surface area contributed by atoms with Crippen LogP contribution < -0.4 is 20.3 Å². The van der Waals surface area contributed by atoms with E-state index in [9.17, 15) is 9.59 Å². The number of carbonyl (C=O) groups is 2. The van der Waals surface area contributed by atoms with Crippen molar-refractivity contribution < 1.29 is 14.3 Å². The van der Waals surface area contributed by atoms with Crippen molar-refractivity contribution in [3.05, 3.63) is 54.2 Å². The minimum atomic E-state index is -0.550. The molecule has 1 aliphatic carbocycles. The molecule has 1 aliphatic heterocycles. The number of hydrogen-bond acceptors (Lipinski definition) is 5. The number of amides is 2. The molecule has 1 aromatic heterocycles. The Hall–Kier alpha value is -3.09. The maximum absolute atomic E-state index is 12.7. The first kappa shape index (κ1) is 23.1. The zero-order chi connectivity index (χ0) is 23.2. The van der Waals surface area contributed by atoms with Crippen molar-refractivity contribution in [2.24, 2.45) is 0 Å². The van der Waals surface area contributed by atoms with Crippen LogP contribution in [0.1, 0.15) is 62.7 Å². The number of pyridine rings is 1. The quantitative estimate of drug-likeness (QED) is 0.609. The van der Waals surface area contributed by atoms with Gasteiger partial charge >= 0.3 is 0 Å². The van der Waals surface area contributed by atoms with Gasteiger partial charge in [0.25, 0.3) is 11.8 Å². The molecule has 2 aliphatic rings. The molecule has 1 aromatic carbocycles. The molecule has 1 saturated heterocycles. The minimum absolute atomic E-state index is 0.0464. The largest absolute Gasteiger partial charge is 0.481 e. The number of benzene rings is 1. The second kappa shape index (κ2) is 10.7. The fraction of sp³-hybridized carbons (Fsp3) is 0.500. The van der Waals surface area contributed by atoms with Gasteiger partial charge in [0.05, 0.1) is 5.56 Å². The molecule has 33 heavy (non-hydrogen) atoms. The number of rotatable bonds is 9. The lowest BCUT2D eigenvalue weighted by atomic mass is 9.93. The first-order chi connectivity index (χ1) is 16.0. The smallest absolute Gasteiger partial charge is 0.260 e. The zero-order valence-electron chi connectivity index (χ0n) is 19.5. The Morgan fingerprint density at radius 3 is 2.55 bits per heavy atom. The molecule has 176 valence electrons. The SMILES string of the molecule is CCCC1CC(NC(=O)C(C)Oc2ccccc2)CCN1c1ccc(C(=O)NC2CC2)cn1. The summed E-state index contributed by atoms with van der Waals surface area (Å²) >= 11 is 0. The lowest BCUT2D eigenvalue weighted by Crippen LogP contribution is -2.52. The van der Waals surface area contributed by atoms with Gasteiger partial charge in [0, 0.05) is 30.9 Å². The first-order valence-electron chi connectivity index (χ1n) is 12.1. The lowest BCUT2D eigenvalue weighted by molar-refractivity contribution is -0.128. The van der Waals surface area contributed by atoms with E-state index in [2.05, 4.69) is 27.4 Å². The van der Waals surface area contributed by atoms with E-state index in [1.54, 1.807) is 13.1 Å². The van der Waals surface area contributed by atoms with Crippen LogP contribution >= 0.6 is 0 Å². The van der Waals surface area contributed by atoms with Gasteiger partial charge in [-0.15, -0.1) is 0 Å². The third-order valence-corrected chi connectivity index (χ3v) is 6.33. The second-order valence-electron chi connectivity index (χ2n) is 9.09. The summed E-state index contributed by atoms with van der Waals surface area (Å²) in [5, 5.41) is 6.19. The highest BCUT2D eigenvalue weighted by atomic mass is 16.5. The summed E-state index contributed by atoms with van der Waals surface area (Å²) in [6, 6.07) is 14.0. The van der Waals surface area contributed by atoms with Crippen molar-refractivity contribution in [1.82, 2.24) is 15.6 Å². The summed E-state index contributed by atoms with van der Waals surface area (Å²) in [5.41, 5.74) is 0.604. The van der Waals surface area contributed by atoms with Crippen LogP contribution in [0.25, 0.3) is 0 Å². The van der Waals surface area contributed by atoms with Crippen molar-refractivity contribution in [2.75, 3.05) is 11.4 Å². The maximum atomic E-state index is 12.7. The number of para-hydroxylation sites is 1. The van der Waals surface area contributed by atoms with Crippen LogP contribution in [0, 0.1) is 0 Å². The molecule has 2 N–H and O–H groups in total. The molecule has 3 atom stereocenters. The van der Waals surface area contributed by atoms with Gasteiger partial charge in [-0.25, -0.2) is 4.98 Å². The number of nitrogens with one attached hydrogen (secondary N) is 2. The molecule has 2 aromatic rings. The average molecular weight is 451 g/mol. The summed E-state index contributed by atoms with van der Waals surface area (Å²) in [6.45, 7) is 4.77. The van der Waals surface area contributed by atoms with Gasteiger partial charge in [-0.05, 0) is 63.3 Å². The van der Waals surface area contributed by atoms with Gasteiger partial charge < -0.3 is 20.3 Å². The second-order valence-corrected chi connectivity index (χ2v) is 9.09. The number of aromatic nitrogens is 1. The summed E-state index contributed by atoms with van der Waals surface area (Å²) in [6.07, 6.45) is 7.04. The predicted molar refractivity (Wildman–Crippen MR) is 128 cm³/mol. The highest BCUT2D eigenvalue weighted by Crippen LogP contribution is 2.27. The van der Waals surface area contributed by atoms with Crippen molar-refractivity contribution >= 4 is 17.6 Å². The summed E-state index contributed by atoms with van der Waals surface area (Å²) in [5.74, 6) is 1.45. The van der Waals surface area contributed by atoms with E-state index in [4.69, 9.17) is 4.74 Å². The maximum Gasteiger partial charge on any atom is 0.260 e. The lowest BCUT2D eigenvalue weighted by Gasteiger charge is -2.40. The van der Waals surface area contributed by atoms with E-state index >= 15 is 0 Å². The molecule has 7 heteroatoms. The summed E-state index contributed by atoms with van der Waals surface area (Å²) in [7, 11) is 0. The number of piperidine rings is 1. The van der Waals surface area contributed by atoms with Crippen LogP contribution in [0.15, 0.2) is 48.7 Å². The van der Waals surface area contributed by atoms with E-state index < -0.39 is 6.10 Å². The third kappa shape index (κ3) is 6.24. The Labute approximate surface area is 195 Å². The van der Waals surface area contributed by atoms with E-state index in [0.717, 1.165) is 50.9 Å². The number of anilines is 1. The molecule has 0 radical (unpaired) electrons. The zero-order valence-corrected chi connectivity index (χ0v) is 19.5. The van der Waals surface area contributed by atoms with E-state index in [1.165, 1.54) is 0 Å². The van der Waals surface area contributed by atoms with Crippen molar-refractivity contribution in [2.45, 2.75) is 76.6 Å². The molecule has 2 amide bonds. The van der Waals surface area contributed by atoms with Crippen LogP contribution in [0.4, 0.5) is 5.82 Å². The molecule has 1 saturated carbocycles. The van der Waals surface area contributed by atoms with E-state index in [0.29, 0.717) is 17.4 Å². The first-order valence-corrected chi connectivity index (χ1v) is 12.1. The predicted octanol–water partition coefficient (Wildman–Crippen LogP) is 3.70. The number of carbonyl (C=O) groups excluding carboxylic acids is 2. The molecule has 0 spiro atoms. The molecule has 0 bridgehead atoms. The number of nitrogens with zero attached hydrogens (tertiary/aromatic N) is 2. The van der Waals surface area contributed by atoms with Crippen molar-refractivity contribution in [3.63, 3.8) is 0 Å². The molecular formula is C26H34N4O3. The van der Waals surface area contributed by atoms with Crippen LogP contribution in [0.5, 0.6) is 5.75 Å². The Morgan fingerprint density at radius 1 is 1.09 bits per heavy atom. The topological polar surface area (TPSA) is 83.6 Å². The van der Waals surface area contributed by atoms with Crippen LogP contribution in [-0.2, 0) is 4.79 Å². The monoisotopic (exact) mass is 450 g/mol. The number of hydrogen-bond donors (Lipinski definition) is 2. The van der Waals surface area contributed by atoms with Gasteiger partial charge in [-0.3, -0.25) is 9.59 Å².